The van der Waals surface area contributed by atoms with Crippen LogP contribution in [0.5, 0.6) is 11.5 Å². The van der Waals surface area contributed by atoms with Gasteiger partial charge in [0.25, 0.3) is 0 Å². The van der Waals surface area contributed by atoms with Crippen molar-refractivity contribution < 1.29 is 19.0 Å². The van der Waals surface area contributed by atoms with Gasteiger partial charge in [-0.1, -0.05) is 81.9 Å². The van der Waals surface area contributed by atoms with Crippen molar-refractivity contribution in [3.8, 4) is 11.5 Å². The first-order valence-electron chi connectivity index (χ1n) is 10.5. The molecule has 0 aliphatic heterocycles. The van der Waals surface area contributed by atoms with Crippen LogP contribution in [0, 0.1) is 0 Å². The summed E-state index contributed by atoms with van der Waals surface area (Å²) in [6.07, 6.45) is 4.22. The summed E-state index contributed by atoms with van der Waals surface area (Å²) in [5.41, 5.74) is 1.88. The summed E-state index contributed by atoms with van der Waals surface area (Å²) in [6.45, 7) is 4.12. The van der Waals surface area contributed by atoms with Gasteiger partial charge < -0.3 is 19.0 Å². The lowest BCUT2D eigenvalue weighted by atomic mass is 10.2. The summed E-state index contributed by atoms with van der Waals surface area (Å²) in [5.74, 6) is 0.944. The van der Waals surface area contributed by atoms with E-state index >= 15 is 0 Å². The second kappa shape index (κ2) is 16.1. The number of hydrogen-bond acceptors (Lipinski definition) is 5. The Morgan fingerprint density at radius 2 is 1.64 bits per heavy atom. The highest BCUT2D eigenvalue weighted by Gasteiger charge is 2.10. The Kier molecular flexibility index (Phi) is 13.5. The molecule has 0 radical (unpaired) electrons. The Balaban J connectivity index is 1.56. The van der Waals surface area contributed by atoms with Gasteiger partial charge in [0.05, 0.1) is 29.0 Å². The van der Waals surface area contributed by atoms with E-state index in [0.29, 0.717) is 48.0 Å². The molecule has 0 saturated heterocycles. The van der Waals surface area contributed by atoms with Crippen molar-refractivity contribution in [3.63, 3.8) is 0 Å². The zero-order chi connectivity index (χ0) is 23.9. The van der Waals surface area contributed by atoms with Crippen LogP contribution in [0.25, 0.3) is 0 Å². The molecule has 180 valence electrons. The number of nitrogens with zero attached hydrogens (tertiary/aromatic N) is 1. The normalized spacial score (nSPS) is 11.2. The quantitative estimate of drug-likeness (QED) is 0.132. The van der Waals surface area contributed by atoms with E-state index in [1.54, 1.807) is 12.1 Å². The van der Waals surface area contributed by atoms with E-state index in [-0.39, 0.29) is 11.1 Å². The summed E-state index contributed by atoms with van der Waals surface area (Å²) in [5, 5.41) is 4.83. The van der Waals surface area contributed by atoms with Crippen molar-refractivity contribution in [2.45, 2.75) is 32.8 Å². The molecule has 0 aliphatic carbocycles. The molecule has 0 N–H and O–H groups in total. The largest absolute Gasteiger partial charge is 0.490 e. The zero-order valence-corrected chi connectivity index (χ0v) is 21.4. The molecule has 0 amide bonds. The van der Waals surface area contributed by atoms with Crippen molar-refractivity contribution in [3.05, 3.63) is 68.6 Å². The summed E-state index contributed by atoms with van der Waals surface area (Å²) in [4.78, 5) is 5.34. The minimum atomic E-state index is 0.133. The molecule has 0 bridgehead atoms. The third-order valence-corrected chi connectivity index (χ3v) is 5.11. The molecule has 5 nitrogen and oxygen atoms in total. The Labute approximate surface area is 215 Å². The fourth-order valence-corrected chi connectivity index (χ4v) is 3.36. The molecule has 0 aliphatic rings. The zero-order valence-electron chi connectivity index (χ0n) is 18.4. The average molecular weight is 535 g/mol. The summed E-state index contributed by atoms with van der Waals surface area (Å²) >= 11 is 23.6. The van der Waals surface area contributed by atoms with Crippen LogP contribution >= 0.6 is 46.4 Å². The number of benzene rings is 2. The van der Waals surface area contributed by atoms with Crippen LogP contribution in [0.15, 0.2) is 58.2 Å². The standard InChI is InChI=1S/C24H27Cl4NO4/c1-18(29-33-17-19-8-4-2-5-9-19)16-30-11-6-3-7-12-32-24-21(25)14-20(15-22(24)26)31-13-10-23(27)28/h2,4-5,8-10,14-15H,3,6-7,11-13,16-17H2,1H3. The Bertz CT molecular complexity index is 880. The highest BCUT2D eigenvalue weighted by molar-refractivity contribution is 6.55. The minimum Gasteiger partial charge on any atom is -0.490 e. The van der Waals surface area contributed by atoms with Crippen LogP contribution in [0.4, 0.5) is 0 Å². The molecular formula is C24H27Cl4NO4. The van der Waals surface area contributed by atoms with Crippen molar-refractivity contribution >= 4 is 52.1 Å². The van der Waals surface area contributed by atoms with Gasteiger partial charge in [0.2, 0.25) is 0 Å². The van der Waals surface area contributed by atoms with Crippen molar-refractivity contribution in [1.82, 2.24) is 0 Å². The van der Waals surface area contributed by atoms with Crippen molar-refractivity contribution in [1.29, 1.82) is 0 Å². The molecule has 2 aromatic rings. The van der Waals surface area contributed by atoms with Gasteiger partial charge in [-0.25, -0.2) is 0 Å². The number of unbranched alkanes of at least 4 members (excludes halogenated alkanes) is 2. The second-order valence-electron chi connectivity index (χ2n) is 7.07. The molecule has 0 spiro atoms. The van der Waals surface area contributed by atoms with E-state index in [4.69, 9.17) is 65.5 Å². The average Bonchev–Trinajstić information content (AvgIpc) is 2.77. The monoisotopic (exact) mass is 533 g/mol. The molecule has 2 aromatic carbocycles. The van der Waals surface area contributed by atoms with Gasteiger partial charge in [-0.2, -0.15) is 0 Å². The fraction of sp³-hybridized carbons (Fsp3) is 0.375. The van der Waals surface area contributed by atoms with Gasteiger partial charge >= 0.3 is 0 Å². The van der Waals surface area contributed by atoms with E-state index in [9.17, 15) is 0 Å². The number of rotatable bonds is 15. The summed E-state index contributed by atoms with van der Waals surface area (Å²) in [6, 6.07) is 13.2. The van der Waals surface area contributed by atoms with E-state index in [2.05, 4.69) is 5.16 Å². The maximum Gasteiger partial charge on any atom is 0.156 e. The number of halogens is 4. The molecule has 0 atom stereocenters. The molecular weight excluding hydrogens is 508 g/mol. The van der Waals surface area contributed by atoms with E-state index in [1.807, 2.05) is 37.3 Å². The smallest absolute Gasteiger partial charge is 0.156 e. The summed E-state index contributed by atoms with van der Waals surface area (Å²) < 4.78 is 17.0. The van der Waals surface area contributed by atoms with Gasteiger partial charge in [-0.3, -0.25) is 0 Å². The Morgan fingerprint density at radius 1 is 0.939 bits per heavy atom. The summed E-state index contributed by atoms with van der Waals surface area (Å²) in [7, 11) is 0. The van der Waals surface area contributed by atoms with Gasteiger partial charge in [0.15, 0.2) is 5.75 Å². The molecule has 9 heteroatoms. The molecule has 33 heavy (non-hydrogen) atoms. The third kappa shape index (κ3) is 11.9. The number of ether oxygens (including phenoxy) is 3. The van der Waals surface area contributed by atoms with Crippen LogP contribution in [0.2, 0.25) is 10.0 Å². The molecule has 0 aromatic heterocycles. The van der Waals surface area contributed by atoms with Gasteiger partial charge in [-0.05, 0) is 37.8 Å². The molecule has 0 unspecified atom stereocenters. The van der Waals surface area contributed by atoms with Crippen LogP contribution in [-0.4, -0.2) is 32.1 Å². The van der Waals surface area contributed by atoms with Crippen LogP contribution in [0.1, 0.15) is 31.7 Å². The van der Waals surface area contributed by atoms with E-state index in [1.165, 1.54) is 6.08 Å². The first-order valence-corrected chi connectivity index (χ1v) is 12.0. The van der Waals surface area contributed by atoms with Crippen molar-refractivity contribution in [2.24, 2.45) is 5.16 Å². The number of hydrogen-bond donors (Lipinski definition) is 0. The van der Waals surface area contributed by atoms with E-state index in [0.717, 1.165) is 30.5 Å². The van der Waals surface area contributed by atoms with Gasteiger partial charge in [0.1, 0.15) is 23.5 Å². The SMILES string of the molecule is CC(COCCCCCOc1c(Cl)cc(OCC=C(Cl)Cl)cc1Cl)=NOCc1ccccc1. The Morgan fingerprint density at radius 3 is 2.33 bits per heavy atom. The predicted octanol–water partition coefficient (Wildman–Crippen LogP) is 7.85. The van der Waals surface area contributed by atoms with E-state index < -0.39 is 0 Å². The lowest BCUT2D eigenvalue weighted by Gasteiger charge is -2.12. The van der Waals surface area contributed by atoms with Crippen LogP contribution in [0.3, 0.4) is 0 Å². The first kappa shape index (κ1) is 27.6. The maximum atomic E-state index is 6.26. The Hall–Kier alpha value is -1.63. The fourth-order valence-electron chi connectivity index (χ4n) is 2.65. The van der Waals surface area contributed by atoms with Crippen LogP contribution < -0.4 is 9.47 Å². The molecule has 0 heterocycles. The number of oxime groups is 1. The topological polar surface area (TPSA) is 49.3 Å². The lowest BCUT2D eigenvalue weighted by Crippen LogP contribution is -2.07. The maximum absolute atomic E-state index is 6.26. The van der Waals surface area contributed by atoms with Crippen LogP contribution in [-0.2, 0) is 16.2 Å². The van der Waals surface area contributed by atoms with Crippen molar-refractivity contribution in [2.75, 3.05) is 26.4 Å². The third-order valence-electron chi connectivity index (χ3n) is 4.24. The highest BCUT2D eigenvalue weighted by Crippen LogP contribution is 2.37. The van der Waals surface area contributed by atoms with Gasteiger partial charge in [-0.15, -0.1) is 0 Å². The first-order chi connectivity index (χ1) is 16.0. The lowest BCUT2D eigenvalue weighted by molar-refractivity contribution is 0.121. The minimum absolute atomic E-state index is 0.133. The molecule has 2 rings (SSSR count). The second-order valence-corrected chi connectivity index (χ2v) is 8.89. The molecule has 0 saturated carbocycles. The van der Waals surface area contributed by atoms with Gasteiger partial charge in [0, 0.05) is 18.7 Å². The predicted molar refractivity (Wildman–Crippen MR) is 136 cm³/mol. The highest BCUT2D eigenvalue weighted by atomic mass is 35.5. The molecule has 0 fully saturated rings.